The van der Waals surface area contributed by atoms with E-state index in [0.29, 0.717) is 0 Å². The van der Waals surface area contributed by atoms with Gasteiger partial charge in [0.15, 0.2) is 0 Å². The van der Waals surface area contributed by atoms with E-state index in [2.05, 4.69) is 74.2 Å². The lowest BCUT2D eigenvalue weighted by Gasteiger charge is -2.33. The molecule has 4 aromatic rings. The highest BCUT2D eigenvalue weighted by atomic mass is 16.5. The summed E-state index contributed by atoms with van der Waals surface area (Å²) in [6.07, 6.45) is 5.89. The summed E-state index contributed by atoms with van der Waals surface area (Å²) in [5, 5.41) is 0. The molecule has 0 N–H and O–H groups in total. The van der Waals surface area contributed by atoms with Gasteiger partial charge in [0.1, 0.15) is 23.0 Å². The Kier molecular flexibility index (Phi) is 4.29. The van der Waals surface area contributed by atoms with Crippen LogP contribution in [0.5, 0.6) is 23.0 Å². The zero-order chi connectivity index (χ0) is 21.7. The summed E-state index contributed by atoms with van der Waals surface area (Å²) in [5.74, 6) is 3.52. The van der Waals surface area contributed by atoms with Crippen LogP contribution in [-0.4, -0.2) is 6.71 Å². The van der Waals surface area contributed by atoms with Gasteiger partial charge in [-0.3, -0.25) is 0 Å². The van der Waals surface area contributed by atoms with Crippen LogP contribution < -0.4 is 25.9 Å². The molecule has 2 aliphatic heterocycles. The number of rotatable bonds is 3. The van der Waals surface area contributed by atoms with Gasteiger partial charge in [-0.25, -0.2) is 0 Å². The van der Waals surface area contributed by atoms with Crippen LogP contribution in [0.1, 0.15) is 11.1 Å². The second-order valence-corrected chi connectivity index (χ2v) is 8.23. The third kappa shape index (κ3) is 2.82. The van der Waals surface area contributed by atoms with E-state index in [1.54, 1.807) is 6.08 Å². The second kappa shape index (κ2) is 7.31. The van der Waals surface area contributed by atoms with Gasteiger partial charge in [-0.15, -0.1) is 0 Å². The van der Waals surface area contributed by atoms with Gasteiger partial charge >= 0.3 is 0 Å². The lowest BCUT2D eigenvalue weighted by molar-refractivity contribution is 0.465. The van der Waals surface area contributed by atoms with Crippen molar-refractivity contribution in [2.75, 3.05) is 0 Å². The van der Waals surface area contributed by atoms with Crippen LogP contribution in [0.15, 0.2) is 97.6 Å². The molecule has 4 aromatic carbocycles. The first-order valence-corrected chi connectivity index (χ1v) is 10.8. The highest BCUT2D eigenvalue weighted by Gasteiger charge is 2.40. The smallest absolute Gasteiger partial charge is 0.260 e. The van der Waals surface area contributed by atoms with E-state index in [0.717, 1.165) is 39.6 Å². The van der Waals surface area contributed by atoms with Crippen molar-refractivity contribution in [3.8, 4) is 34.1 Å². The van der Waals surface area contributed by atoms with Crippen molar-refractivity contribution in [1.82, 2.24) is 0 Å². The predicted molar refractivity (Wildman–Crippen MR) is 134 cm³/mol. The first-order valence-electron chi connectivity index (χ1n) is 10.8. The zero-order valence-electron chi connectivity index (χ0n) is 17.8. The van der Waals surface area contributed by atoms with Gasteiger partial charge in [0, 0.05) is 5.46 Å². The average Bonchev–Trinajstić information content (AvgIpc) is 2.82. The first kappa shape index (κ1) is 18.8. The maximum Gasteiger partial charge on any atom is 0.260 e. The number of benzene rings is 4. The minimum absolute atomic E-state index is 0.0987. The van der Waals surface area contributed by atoms with Crippen LogP contribution in [0.2, 0.25) is 0 Å². The maximum atomic E-state index is 6.44. The average molecular weight is 412 g/mol. The van der Waals surface area contributed by atoms with Crippen molar-refractivity contribution < 1.29 is 9.47 Å². The van der Waals surface area contributed by atoms with Gasteiger partial charge in [-0.05, 0) is 64.4 Å². The summed E-state index contributed by atoms with van der Waals surface area (Å²) in [5.41, 5.74) is 8.05. The molecule has 0 aromatic heterocycles. The number of hydrogen-bond acceptors (Lipinski definition) is 2. The van der Waals surface area contributed by atoms with E-state index in [1.165, 1.54) is 22.1 Å². The molecule has 0 atom stereocenters. The molecule has 0 fully saturated rings. The van der Waals surface area contributed by atoms with Crippen molar-refractivity contribution in [1.29, 1.82) is 0 Å². The third-order valence-corrected chi connectivity index (χ3v) is 6.33. The molecule has 2 nitrogen and oxygen atoms in total. The second-order valence-electron chi connectivity index (χ2n) is 8.23. The molecule has 0 saturated heterocycles. The Bertz CT molecular complexity index is 1350. The molecule has 0 bridgehead atoms. The fourth-order valence-corrected chi connectivity index (χ4v) is 4.87. The largest absolute Gasteiger partial charge is 0.458 e. The van der Waals surface area contributed by atoms with Gasteiger partial charge in [-0.2, -0.15) is 0 Å². The Morgan fingerprint density at radius 2 is 1.38 bits per heavy atom. The van der Waals surface area contributed by atoms with Crippen LogP contribution in [-0.2, 0) is 0 Å². The molecule has 0 unspecified atom stereocenters. The van der Waals surface area contributed by atoms with Crippen LogP contribution >= 0.6 is 0 Å². The number of ether oxygens (including phenoxy) is 2. The van der Waals surface area contributed by atoms with Gasteiger partial charge in [0.05, 0.1) is 0 Å². The Morgan fingerprint density at radius 3 is 2.00 bits per heavy atom. The molecule has 3 heteroatoms. The summed E-state index contributed by atoms with van der Waals surface area (Å²) < 4.78 is 12.9. The van der Waals surface area contributed by atoms with Crippen LogP contribution in [0.3, 0.4) is 0 Å². The van der Waals surface area contributed by atoms with Crippen molar-refractivity contribution in [3.05, 3.63) is 109 Å². The fraction of sp³-hybridized carbons (Fsp3) is 0.0345. The van der Waals surface area contributed by atoms with Gasteiger partial charge in [0.2, 0.25) is 0 Å². The van der Waals surface area contributed by atoms with Gasteiger partial charge in [-0.1, -0.05) is 79.4 Å². The molecule has 6 rings (SSSR count). The Balaban J connectivity index is 1.60. The van der Waals surface area contributed by atoms with E-state index in [1.807, 2.05) is 30.3 Å². The van der Waals surface area contributed by atoms with Gasteiger partial charge in [0.25, 0.3) is 6.71 Å². The highest BCUT2D eigenvalue weighted by Crippen LogP contribution is 2.39. The van der Waals surface area contributed by atoms with Gasteiger partial charge < -0.3 is 9.47 Å². The maximum absolute atomic E-state index is 6.44. The molecule has 0 amide bonds. The number of hydrogen-bond donors (Lipinski definition) is 0. The molecule has 2 aliphatic rings. The normalized spacial score (nSPS) is 13.0. The van der Waals surface area contributed by atoms with E-state index in [-0.39, 0.29) is 6.71 Å². The highest BCUT2D eigenvalue weighted by molar-refractivity contribution is 6.98. The summed E-state index contributed by atoms with van der Waals surface area (Å²) in [6, 6.07) is 27.3. The quantitative estimate of drug-likeness (QED) is 0.279. The summed E-state index contributed by atoms with van der Waals surface area (Å²) in [6.45, 7) is 6.05. The van der Waals surface area contributed by atoms with E-state index < -0.39 is 0 Å². The van der Waals surface area contributed by atoms with Crippen molar-refractivity contribution >= 4 is 29.2 Å². The lowest BCUT2D eigenvalue weighted by Crippen LogP contribution is -2.57. The van der Waals surface area contributed by atoms with E-state index >= 15 is 0 Å². The van der Waals surface area contributed by atoms with Crippen molar-refractivity contribution in [3.63, 3.8) is 0 Å². The predicted octanol–water partition coefficient (Wildman–Crippen LogP) is 5.59. The summed E-state index contributed by atoms with van der Waals surface area (Å²) in [4.78, 5) is 0. The molecule has 0 saturated carbocycles. The topological polar surface area (TPSA) is 18.5 Å². The Labute approximate surface area is 188 Å². The number of aryl methyl sites for hydroxylation is 1. The zero-order valence-corrected chi connectivity index (χ0v) is 17.8. The number of allylic oxidation sites excluding steroid dienone is 2. The first-order chi connectivity index (χ1) is 15.7. The number of fused-ring (bicyclic) bond motifs is 4. The molecule has 0 aliphatic carbocycles. The molecule has 32 heavy (non-hydrogen) atoms. The van der Waals surface area contributed by atoms with E-state index in [4.69, 9.17) is 9.47 Å². The molecule has 2 heterocycles. The van der Waals surface area contributed by atoms with Crippen LogP contribution in [0, 0.1) is 6.92 Å². The molecule has 152 valence electrons. The standard InChI is InChI=1S/C29H21BO2/c1-3-4-11-21-19(2)10-9-12-22(21)20-17-27-29-28(18-20)32-26-16-8-6-14-24(26)30(29)23-13-5-7-15-25(23)31-27/h3-18H,1H2,2H3/b11-4-. The monoisotopic (exact) mass is 412 g/mol. The van der Waals surface area contributed by atoms with Crippen LogP contribution in [0.25, 0.3) is 17.2 Å². The van der Waals surface area contributed by atoms with E-state index in [9.17, 15) is 0 Å². The fourth-order valence-electron chi connectivity index (χ4n) is 4.87. The van der Waals surface area contributed by atoms with Crippen molar-refractivity contribution in [2.24, 2.45) is 0 Å². The summed E-state index contributed by atoms with van der Waals surface area (Å²) >= 11 is 0. The minimum Gasteiger partial charge on any atom is -0.458 e. The SMILES string of the molecule is C=C/C=C\c1c(C)cccc1-c1cc2c3c(c1)Oc1ccccc1B3c1ccccc1O2. The Morgan fingerprint density at radius 1 is 0.750 bits per heavy atom. The summed E-state index contributed by atoms with van der Waals surface area (Å²) in [7, 11) is 0. The minimum atomic E-state index is 0.0987. The molecule has 0 radical (unpaired) electrons. The molecular weight excluding hydrogens is 391 g/mol. The lowest BCUT2D eigenvalue weighted by atomic mass is 9.35. The molecule has 0 spiro atoms. The third-order valence-electron chi connectivity index (χ3n) is 6.33. The Hall–Kier alpha value is -3.98. The van der Waals surface area contributed by atoms with Crippen molar-refractivity contribution in [2.45, 2.75) is 6.92 Å². The number of para-hydroxylation sites is 2. The molecular formula is C29H21BO2. The van der Waals surface area contributed by atoms with Crippen LogP contribution in [0.4, 0.5) is 0 Å².